The summed E-state index contributed by atoms with van der Waals surface area (Å²) in [5, 5.41) is 44.8. The summed E-state index contributed by atoms with van der Waals surface area (Å²) in [4.78, 5) is 53.0. The van der Waals surface area contributed by atoms with Gasteiger partial charge in [-0.2, -0.15) is 0 Å². The van der Waals surface area contributed by atoms with E-state index in [1.165, 1.54) is 4.90 Å². The summed E-state index contributed by atoms with van der Waals surface area (Å²) in [5.74, 6) is -6.51. The smallest absolute Gasteiger partial charge is 0.255 e. The molecule has 1 aromatic carbocycles. The van der Waals surface area contributed by atoms with Crippen LogP contribution in [-0.4, -0.2) is 75.5 Å². The van der Waals surface area contributed by atoms with Crippen LogP contribution in [0, 0.1) is 17.8 Å². The van der Waals surface area contributed by atoms with Crippen molar-refractivity contribution in [3.8, 4) is 5.75 Å². The number of Topliss-reactive ketones (excluding diaryl/α,β-unsaturated/α-hetero) is 2. The minimum Gasteiger partial charge on any atom is -0.508 e. The molecule has 6 N–H and O–H groups in total. The zero-order chi connectivity index (χ0) is 28.3. The van der Waals surface area contributed by atoms with Gasteiger partial charge in [-0.25, -0.2) is 0 Å². The van der Waals surface area contributed by atoms with Gasteiger partial charge in [0.15, 0.2) is 11.4 Å². The molecule has 0 aliphatic heterocycles. The van der Waals surface area contributed by atoms with E-state index in [-0.39, 0.29) is 48.6 Å². The zero-order valence-corrected chi connectivity index (χ0v) is 21.8. The number of carbonyl (C=O) groups excluding carboxylic acids is 4. The molecule has 1 aromatic rings. The molecule has 3 aliphatic carbocycles. The average molecular weight is 528 g/mol. The van der Waals surface area contributed by atoms with Gasteiger partial charge in [-0.1, -0.05) is 13.8 Å². The number of phenolic OH excluding ortho intramolecular Hbond substituents is 1. The zero-order valence-electron chi connectivity index (χ0n) is 21.8. The predicted molar refractivity (Wildman–Crippen MR) is 137 cm³/mol. The SMILES string of the molecule is CC(C)CN(C=O)Cc1cc(N(C)C)c2c(c1O)C(O)=C1C(=O)C3(O)C(O)=C(C(N)=O)C(=O)CC3CC1C2. The molecule has 0 saturated heterocycles. The molecule has 3 aliphatic rings. The largest absolute Gasteiger partial charge is 0.508 e. The molecule has 1 fully saturated rings. The lowest BCUT2D eigenvalue weighted by Crippen LogP contribution is -2.58. The molecule has 11 nitrogen and oxygen atoms in total. The Morgan fingerprint density at radius 1 is 1.21 bits per heavy atom. The molecule has 0 aromatic heterocycles. The third-order valence-corrected chi connectivity index (χ3v) is 7.72. The summed E-state index contributed by atoms with van der Waals surface area (Å²) in [6.07, 6.45) is 0.577. The van der Waals surface area contributed by atoms with Crippen molar-refractivity contribution in [3.63, 3.8) is 0 Å². The lowest BCUT2D eigenvalue weighted by Gasteiger charge is -2.46. The Morgan fingerprint density at radius 3 is 2.42 bits per heavy atom. The van der Waals surface area contributed by atoms with Gasteiger partial charge in [0.25, 0.3) is 5.91 Å². The summed E-state index contributed by atoms with van der Waals surface area (Å²) >= 11 is 0. The molecule has 0 radical (unpaired) electrons. The number of fused-ring (bicyclic) bond motifs is 3. The van der Waals surface area contributed by atoms with Crippen molar-refractivity contribution in [1.29, 1.82) is 0 Å². The number of carbonyl (C=O) groups is 4. The maximum absolute atomic E-state index is 13.7. The highest BCUT2D eigenvalue weighted by Gasteiger charge is 2.60. The molecule has 0 spiro atoms. The number of aromatic hydroxyl groups is 1. The number of amides is 2. The molecule has 3 unspecified atom stereocenters. The number of primary amides is 1. The van der Waals surface area contributed by atoms with Crippen LogP contribution in [0.5, 0.6) is 5.75 Å². The summed E-state index contributed by atoms with van der Waals surface area (Å²) < 4.78 is 0. The van der Waals surface area contributed by atoms with Crippen LogP contribution in [0.2, 0.25) is 0 Å². The van der Waals surface area contributed by atoms with Crippen molar-refractivity contribution < 1.29 is 39.6 Å². The fourth-order valence-electron chi connectivity index (χ4n) is 6.08. The Labute approximate surface area is 219 Å². The first-order valence-electron chi connectivity index (χ1n) is 12.5. The number of hydrogen-bond acceptors (Lipinski definition) is 9. The summed E-state index contributed by atoms with van der Waals surface area (Å²) in [7, 11) is 3.58. The Bertz CT molecular complexity index is 1310. The van der Waals surface area contributed by atoms with Crippen LogP contribution in [0.15, 0.2) is 23.0 Å². The molecule has 0 bridgehead atoms. The average Bonchev–Trinajstić information content (AvgIpc) is 2.81. The third kappa shape index (κ3) is 4.01. The highest BCUT2D eigenvalue weighted by molar-refractivity contribution is 6.22. The number of anilines is 1. The van der Waals surface area contributed by atoms with Crippen molar-refractivity contribution in [2.24, 2.45) is 23.5 Å². The van der Waals surface area contributed by atoms with Gasteiger partial charge in [0.1, 0.15) is 22.8 Å². The van der Waals surface area contributed by atoms with Crippen molar-refractivity contribution in [2.75, 3.05) is 25.5 Å². The van der Waals surface area contributed by atoms with Crippen LogP contribution in [-0.2, 0) is 32.1 Å². The Hall–Kier alpha value is -3.86. The maximum Gasteiger partial charge on any atom is 0.255 e. The van der Waals surface area contributed by atoms with Gasteiger partial charge in [-0.3, -0.25) is 19.2 Å². The fraction of sp³-hybridized carbons (Fsp3) is 0.481. The van der Waals surface area contributed by atoms with Crippen molar-refractivity contribution in [1.82, 2.24) is 4.90 Å². The number of aliphatic hydroxyl groups excluding tert-OH is 2. The summed E-state index contributed by atoms with van der Waals surface area (Å²) in [6.45, 7) is 4.39. The first kappa shape index (κ1) is 27.2. The lowest BCUT2D eigenvalue weighted by atomic mass is 9.59. The number of nitrogens with zero attached hydrogens (tertiary/aromatic N) is 2. The third-order valence-electron chi connectivity index (χ3n) is 7.72. The second kappa shape index (κ2) is 9.46. The number of hydrogen-bond donors (Lipinski definition) is 5. The van der Waals surface area contributed by atoms with E-state index in [2.05, 4.69) is 0 Å². The molecule has 2 amide bonds. The fourth-order valence-corrected chi connectivity index (χ4v) is 6.08. The van der Waals surface area contributed by atoms with Crippen molar-refractivity contribution >= 4 is 35.3 Å². The van der Waals surface area contributed by atoms with Crippen LogP contribution in [0.1, 0.15) is 43.4 Å². The Kier molecular flexibility index (Phi) is 6.77. The minimum absolute atomic E-state index is 0.00808. The molecule has 38 heavy (non-hydrogen) atoms. The quantitative estimate of drug-likeness (QED) is 0.256. The van der Waals surface area contributed by atoms with Crippen molar-refractivity contribution in [2.45, 2.75) is 45.3 Å². The summed E-state index contributed by atoms with van der Waals surface area (Å²) in [5.41, 5.74) is 3.19. The summed E-state index contributed by atoms with van der Waals surface area (Å²) in [6, 6.07) is 1.74. The van der Waals surface area contributed by atoms with Crippen LogP contribution in [0.4, 0.5) is 5.69 Å². The van der Waals surface area contributed by atoms with Gasteiger partial charge in [0, 0.05) is 56.3 Å². The molecule has 0 heterocycles. The van der Waals surface area contributed by atoms with E-state index in [4.69, 9.17) is 5.73 Å². The van der Waals surface area contributed by atoms with Gasteiger partial charge in [0.2, 0.25) is 12.2 Å². The second-order valence-electron chi connectivity index (χ2n) is 11.0. The Morgan fingerprint density at radius 2 is 1.87 bits per heavy atom. The van der Waals surface area contributed by atoms with Gasteiger partial charge in [-0.05, 0) is 36.3 Å². The number of rotatable bonds is 7. The van der Waals surface area contributed by atoms with E-state index in [1.54, 1.807) is 25.1 Å². The predicted octanol–water partition coefficient (Wildman–Crippen LogP) is 1.10. The highest BCUT2D eigenvalue weighted by Crippen LogP contribution is 2.53. The number of phenols is 1. The van der Waals surface area contributed by atoms with Crippen LogP contribution in [0.25, 0.3) is 5.76 Å². The van der Waals surface area contributed by atoms with Gasteiger partial charge in [-0.15, -0.1) is 0 Å². The van der Waals surface area contributed by atoms with E-state index < -0.39 is 52.0 Å². The lowest BCUT2D eigenvalue weighted by molar-refractivity contribution is -0.147. The molecule has 204 valence electrons. The standard InChI is InChI=1S/C27H33N3O8/c1-12(2)9-30(11-31)10-14-7-17(29(3)4)16-6-13-5-15-8-18(32)21(26(28)37)25(36)27(15,38)24(35)19(13)23(34)20(16)22(14)33/h7,11-13,15,33-34,36,38H,5-6,8-10H2,1-4H3,(H2,28,37). The topological polar surface area (TPSA) is 182 Å². The minimum atomic E-state index is -2.61. The molecular formula is C27H33N3O8. The van der Waals surface area contributed by atoms with Crippen LogP contribution in [0.3, 0.4) is 0 Å². The number of benzene rings is 1. The molecule has 3 atom stereocenters. The first-order valence-corrected chi connectivity index (χ1v) is 12.5. The number of aliphatic hydroxyl groups is 3. The number of nitrogens with two attached hydrogens (primary N) is 1. The maximum atomic E-state index is 13.7. The Balaban J connectivity index is 1.90. The van der Waals surface area contributed by atoms with Gasteiger partial charge >= 0.3 is 0 Å². The van der Waals surface area contributed by atoms with Crippen LogP contribution < -0.4 is 10.6 Å². The second-order valence-corrected chi connectivity index (χ2v) is 11.0. The monoisotopic (exact) mass is 527 g/mol. The van der Waals surface area contributed by atoms with E-state index in [0.29, 0.717) is 29.8 Å². The highest BCUT2D eigenvalue weighted by atomic mass is 16.3. The molecular weight excluding hydrogens is 494 g/mol. The molecule has 11 heteroatoms. The molecule has 4 rings (SSSR count). The molecule has 1 saturated carbocycles. The van der Waals surface area contributed by atoms with E-state index >= 15 is 0 Å². The van der Waals surface area contributed by atoms with Gasteiger partial charge < -0.3 is 36.0 Å². The van der Waals surface area contributed by atoms with E-state index in [9.17, 15) is 39.6 Å². The normalized spacial score (nSPS) is 24.7. The number of ketones is 2. The van der Waals surface area contributed by atoms with E-state index in [0.717, 1.165) is 0 Å². The van der Waals surface area contributed by atoms with E-state index in [1.807, 2.05) is 13.8 Å². The van der Waals surface area contributed by atoms with Gasteiger partial charge in [0.05, 0.1) is 5.56 Å². The first-order chi connectivity index (χ1) is 17.7. The van der Waals surface area contributed by atoms with Crippen molar-refractivity contribution in [3.05, 3.63) is 39.7 Å². The van der Waals surface area contributed by atoms with Crippen LogP contribution >= 0.6 is 0 Å².